The van der Waals surface area contributed by atoms with Gasteiger partial charge in [-0.2, -0.15) is 0 Å². The average Bonchev–Trinajstić information content (AvgIpc) is 3.18. The van der Waals surface area contributed by atoms with Crippen molar-refractivity contribution in [3.63, 3.8) is 0 Å². The SMILES string of the molecule is CCS(=O)(=O)c1ccc(Oc2ccc3nc(-c4ccccn4)n(C(=O)OC)c3c2)cn1. The molecule has 0 aliphatic heterocycles. The number of fused-ring (bicyclic) bond motifs is 1. The molecular weight excluding hydrogens is 420 g/mol. The molecule has 3 heterocycles. The molecule has 0 unspecified atom stereocenters. The van der Waals surface area contributed by atoms with Crippen molar-refractivity contribution < 1.29 is 22.7 Å². The topological polar surface area (TPSA) is 113 Å². The fourth-order valence-corrected chi connectivity index (χ4v) is 3.74. The van der Waals surface area contributed by atoms with Gasteiger partial charge in [0.15, 0.2) is 20.7 Å². The Balaban J connectivity index is 1.73. The van der Waals surface area contributed by atoms with E-state index in [1.165, 1.54) is 30.0 Å². The molecule has 0 radical (unpaired) electrons. The summed E-state index contributed by atoms with van der Waals surface area (Å²) in [4.78, 5) is 25.2. The molecule has 0 saturated carbocycles. The fourth-order valence-electron chi connectivity index (χ4n) is 2.96. The van der Waals surface area contributed by atoms with Gasteiger partial charge in [0.05, 0.1) is 30.1 Å². The van der Waals surface area contributed by atoms with Crippen molar-refractivity contribution in [3.8, 4) is 23.0 Å². The number of benzene rings is 1. The van der Waals surface area contributed by atoms with E-state index in [0.29, 0.717) is 34.1 Å². The van der Waals surface area contributed by atoms with Gasteiger partial charge in [-0.25, -0.2) is 27.7 Å². The maximum atomic E-state index is 12.5. The van der Waals surface area contributed by atoms with Crippen molar-refractivity contribution in [2.45, 2.75) is 11.9 Å². The summed E-state index contributed by atoms with van der Waals surface area (Å²) < 4.78 is 35.9. The van der Waals surface area contributed by atoms with Gasteiger partial charge < -0.3 is 9.47 Å². The summed E-state index contributed by atoms with van der Waals surface area (Å²) in [7, 11) is -2.11. The van der Waals surface area contributed by atoms with Gasteiger partial charge >= 0.3 is 6.09 Å². The van der Waals surface area contributed by atoms with Gasteiger partial charge in [-0.05, 0) is 36.4 Å². The van der Waals surface area contributed by atoms with Crippen LogP contribution in [-0.4, -0.2) is 46.9 Å². The van der Waals surface area contributed by atoms with Crippen molar-refractivity contribution >= 4 is 27.0 Å². The van der Waals surface area contributed by atoms with Crippen LogP contribution in [0.3, 0.4) is 0 Å². The van der Waals surface area contributed by atoms with Gasteiger partial charge in [0.1, 0.15) is 17.2 Å². The lowest BCUT2D eigenvalue weighted by Crippen LogP contribution is -2.13. The van der Waals surface area contributed by atoms with Crippen LogP contribution in [0, 0.1) is 0 Å². The normalized spacial score (nSPS) is 11.4. The zero-order chi connectivity index (χ0) is 22.0. The van der Waals surface area contributed by atoms with E-state index in [2.05, 4.69) is 15.0 Å². The number of pyridine rings is 2. The van der Waals surface area contributed by atoms with Gasteiger partial charge in [-0.3, -0.25) is 4.98 Å². The average molecular weight is 438 g/mol. The number of aromatic nitrogens is 4. The summed E-state index contributed by atoms with van der Waals surface area (Å²) in [6.07, 6.45) is 2.33. The molecule has 3 aromatic heterocycles. The highest BCUT2D eigenvalue weighted by Gasteiger charge is 2.20. The van der Waals surface area contributed by atoms with Gasteiger partial charge in [0.2, 0.25) is 0 Å². The maximum absolute atomic E-state index is 12.5. The third kappa shape index (κ3) is 3.97. The first kappa shape index (κ1) is 20.5. The second-order valence-corrected chi connectivity index (χ2v) is 8.67. The van der Waals surface area contributed by atoms with Gasteiger partial charge in [-0.15, -0.1) is 0 Å². The molecule has 1 aromatic carbocycles. The van der Waals surface area contributed by atoms with Crippen LogP contribution in [0.4, 0.5) is 4.79 Å². The first-order chi connectivity index (χ1) is 14.9. The van der Waals surface area contributed by atoms with Crippen LogP contribution < -0.4 is 4.74 Å². The Bertz CT molecular complexity index is 1350. The molecule has 0 aliphatic carbocycles. The predicted molar refractivity (Wildman–Crippen MR) is 113 cm³/mol. The van der Waals surface area contributed by atoms with Gasteiger partial charge in [0, 0.05) is 12.3 Å². The standard InChI is InChI=1S/C21H18N4O5S/c1-3-31(27,28)19-10-8-15(13-23-19)30-14-7-9-16-18(12-14)25(21(26)29-2)20(24-16)17-6-4-5-11-22-17/h4-13H,3H2,1-2H3. The Morgan fingerprint density at radius 2 is 1.87 bits per heavy atom. The summed E-state index contributed by atoms with van der Waals surface area (Å²) in [5.41, 5.74) is 1.55. The van der Waals surface area contributed by atoms with Gasteiger partial charge in [0.25, 0.3) is 0 Å². The molecule has 0 N–H and O–H groups in total. The zero-order valence-electron chi connectivity index (χ0n) is 16.7. The van der Waals surface area contributed by atoms with Crippen molar-refractivity contribution in [1.82, 2.24) is 19.5 Å². The highest BCUT2D eigenvalue weighted by atomic mass is 32.2. The van der Waals surface area contributed by atoms with Crippen molar-refractivity contribution in [1.29, 1.82) is 0 Å². The Labute approximate surface area is 178 Å². The molecule has 0 saturated heterocycles. The fraction of sp³-hybridized carbons (Fsp3) is 0.143. The van der Waals surface area contributed by atoms with E-state index in [1.54, 1.807) is 49.5 Å². The third-order valence-corrected chi connectivity index (χ3v) is 6.16. The molecule has 0 atom stereocenters. The van der Waals surface area contributed by atoms with E-state index in [0.717, 1.165) is 0 Å². The first-order valence-electron chi connectivity index (χ1n) is 9.32. The lowest BCUT2D eigenvalue weighted by atomic mass is 10.3. The van der Waals surface area contributed by atoms with Crippen LogP contribution in [0.1, 0.15) is 6.92 Å². The van der Waals surface area contributed by atoms with Crippen LogP contribution in [0.15, 0.2) is 66.0 Å². The second-order valence-electron chi connectivity index (χ2n) is 6.44. The van der Waals surface area contributed by atoms with E-state index in [9.17, 15) is 13.2 Å². The van der Waals surface area contributed by atoms with Crippen molar-refractivity contribution in [2.24, 2.45) is 0 Å². The molecule has 158 valence electrons. The minimum Gasteiger partial charge on any atom is -0.456 e. The quantitative estimate of drug-likeness (QED) is 0.463. The number of carbonyl (C=O) groups excluding carboxylic acids is 1. The number of hydrogen-bond donors (Lipinski definition) is 0. The largest absolute Gasteiger partial charge is 0.456 e. The number of hydrogen-bond acceptors (Lipinski definition) is 8. The molecule has 0 fully saturated rings. The van der Waals surface area contributed by atoms with Crippen LogP contribution in [0.25, 0.3) is 22.6 Å². The predicted octanol–water partition coefficient (Wildman–Crippen LogP) is 3.69. The monoisotopic (exact) mass is 438 g/mol. The van der Waals surface area contributed by atoms with Crippen LogP contribution >= 0.6 is 0 Å². The molecule has 10 heteroatoms. The first-order valence-corrected chi connectivity index (χ1v) is 11.0. The van der Waals surface area contributed by atoms with E-state index in [1.807, 2.05) is 0 Å². The van der Waals surface area contributed by atoms with Crippen LogP contribution in [0.5, 0.6) is 11.5 Å². The Morgan fingerprint density at radius 3 is 2.52 bits per heavy atom. The molecule has 0 spiro atoms. The summed E-state index contributed by atoms with van der Waals surface area (Å²) >= 11 is 0. The number of imidazole rings is 1. The van der Waals surface area contributed by atoms with E-state index < -0.39 is 15.9 Å². The molecule has 9 nitrogen and oxygen atoms in total. The Hall–Kier alpha value is -3.79. The molecule has 0 amide bonds. The molecule has 0 bridgehead atoms. The lowest BCUT2D eigenvalue weighted by Gasteiger charge is -2.08. The number of sulfone groups is 1. The minimum atomic E-state index is -3.39. The number of rotatable bonds is 5. The maximum Gasteiger partial charge on any atom is 0.420 e. The molecule has 0 aliphatic rings. The van der Waals surface area contributed by atoms with Crippen LogP contribution in [0.2, 0.25) is 0 Å². The Morgan fingerprint density at radius 1 is 1.06 bits per heavy atom. The van der Waals surface area contributed by atoms with E-state index >= 15 is 0 Å². The number of methoxy groups -OCH3 is 1. The molecular formula is C21H18N4O5S. The zero-order valence-corrected chi connectivity index (χ0v) is 17.5. The smallest absolute Gasteiger partial charge is 0.420 e. The van der Waals surface area contributed by atoms with E-state index in [4.69, 9.17) is 9.47 Å². The Kier molecular flexibility index (Phi) is 5.38. The summed E-state index contributed by atoms with van der Waals surface area (Å²) in [6, 6.07) is 13.3. The van der Waals surface area contributed by atoms with E-state index in [-0.39, 0.29) is 10.8 Å². The summed E-state index contributed by atoms with van der Waals surface area (Å²) in [5.74, 6) is 1.07. The molecule has 4 aromatic rings. The van der Waals surface area contributed by atoms with Gasteiger partial charge in [-0.1, -0.05) is 13.0 Å². The third-order valence-electron chi connectivity index (χ3n) is 4.52. The van der Waals surface area contributed by atoms with Crippen molar-refractivity contribution in [2.75, 3.05) is 12.9 Å². The number of ether oxygens (including phenoxy) is 2. The highest BCUT2D eigenvalue weighted by molar-refractivity contribution is 7.91. The summed E-state index contributed by atoms with van der Waals surface area (Å²) in [5, 5.41) is -0.0124. The number of nitrogens with zero attached hydrogens (tertiary/aromatic N) is 4. The minimum absolute atomic E-state index is 0.0124. The highest BCUT2D eigenvalue weighted by Crippen LogP contribution is 2.29. The molecule has 4 rings (SSSR count). The summed E-state index contributed by atoms with van der Waals surface area (Å²) in [6.45, 7) is 1.56. The lowest BCUT2D eigenvalue weighted by molar-refractivity contribution is 0.174. The number of carbonyl (C=O) groups is 1. The molecule has 31 heavy (non-hydrogen) atoms. The second kappa shape index (κ2) is 8.15. The van der Waals surface area contributed by atoms with Crippen molar-refractivity contribution in [3.05, 3.63) is 60.9 Å². The van der Waals surface area contributed by atoms with Crippen LogP contribution in [-0.2, 0) is 14.6 Å².